The van der Waals surface area contributed by atoms with Crippen molar-refractivity contribution in [3.8, 4) is 0 Å². The smallest absolute Gasteiger partial charge is 0.251 e. The maximum absolute atomic E-state index is 12.1. The Hall–Kier alpha value is -1.35. The zero-order valence-corrected chi connectivity index (χ0v) is 12.9. The number of carbonyl (C=O) groups excluding carboxylic acids is 1. The molecule has 0 aliphatic rings. The van der Waals surface area contributed by atoms with E-state index in [2.05, 4.69) is 26.1 Å². The van der Waals surface area contributed by atoms with Gasteiger partial charge in [0.25, 0.3) is 5.91 Å². The number of benzene rings is 1. The molecule has 112 valence electrons. The van der Waals surface area contributed by atoms with E-state index < -0.39 is 0 Å². The Bertz CT molecular complexity index is 398. The highest BCUT2D eigenvalue weighted by atomic mass is 16.3. The summed E-state index contributed by atoms with van der Waals surface area (Å²) in [6.45, 7) is 7.23. The maximum atomic E-state index is 12.1. The Morgan fingerprint density at radius 1 is 1.25 bits per heavy atom. The third-order valence-electron chi connectivity index (χ3n) is 3.52. The van der Waals surface area contributed by atoms with Crippen LogP contribution in [0.15, 0.2) is 24.3 Å². The first-order valence-corrected chi connectivity index (χ1v) is 7.54. The molecule has 0 heterocycles. The lowest BCUT2D eigenvalue weighted by molar-refractivity contribution is 0.0941. The molecule has 0 aliphatic heterocycles. The SMILES string of the molecule is CCc1ccc(C(=O)NCC(CCO)CC(C)C)cc1. The van der Waals surface area contributed by atoms with Gasteiger partial charge in [0.2, 0.25) is 0 Å². The van der Waals surface area contributed by atoms with Gasteiger partial charge in [0.05, 0.1) is 0 Å². The summed E-state index contributed by atoms with van der Waals surface area (Å²) in [7, 11) is 0. The van der Waals surface area contributed by atoms with Crippen molar-refractivity contribution >= 4 is 5.91 Å². The van der Waals surface area contributed by atoms with Gasteiger partial charge in [-0.25, -0.2) is 0 Å². The fraction of sp³-hybridized carbons (Fsp3) is 0.588. The fourth-order valence-electron chi connectivity index (χ4n) is 2.38. The summed E-state index contributed by atoms with van der Waals surface area (Å²) in [5.41, 5.74) is 1.94. The van der Waals surface area contributed by atoms with E-state index in [4.69, 9.17) is 5.11 Å². The van der Waals surface area contributed by atoms with Crippen LogP contribution < -0.4 is 5.32 Å². The Kier molecular flexibility index (Phi) is 7.31. The fourth-order valence-corrected chi connectivity index (χ4v) is 2.38. The Labute approximate surface area is 122 Å². The van der Waals surface area contributed by atoms with Gasteiger partial charge in [-0.3, -0.25) is 4.79 Å². The monoisotopic (exact) mass is 277 g/mol. The molecule has 0 saturated carbocycles. The third-order valence-corrected chi connectivity index (χ3v) is 3.52. The second-order valence-corrected chi connectivity index (χ2v) is 5.77. The normalized spacial score (nSPS) is 12.4. The van der Waals surface area contributed by atoms with Gasteiger partial charge < -0.3 is 10.4 Å². The highest BCUT2D eigenvalue weighted by Gasteiger charge is 2.13. The molecule has 3 heteroatoms. The molecule has 1 unspecified atom stereocenters. The van der Waals surface area contributed by atoms with Crippen LogP contribution in [0.4, 0.5) is 0 Å². The molecule has 3 nitrogen and oxygen atoms in total. The van der Waals surface area contributed by atoms with Crippen LogP contribution in [0.5, 0.6) is 0 Å². The first-order valence-electron chi connectivity index (χ1n) is 7.54. The summed E-state index contributed by atoms with van der Waals surface area (Å²) in [5.74, 6) is 0.894. The molecule has 20 heavy (non-hydrogen) atoms. The molecule has 1 atom stereocenters. The van der Waals surface area contributed by atoms with E-state index in [0.29, 0.717) is 23.9 Å². The van der Waals surface area contributed by atoms with Gasteiger partial charge in [0, 0.05) is 18.7 Å². The molecule has 1 aromatic carbocycles. The van der Waals surface area contributed by atoms with E-state index in [1.807, 2.05) is 24.3 Å². The van der Waals surface area contributed by atoms with E-state index in [1.54, 1.807) is 0 Å². The van der Waals surface area contributed by atoms with E-state index >= 15 is 0 Å². The molecule has 0 aromatic heterocycles. The van der Waals surface area contributed by atoms with Crippen molar-refractivity contribution in [3.05, 3.63) is 35.4 Å². The van der Waals surface area contributed by atoms with E-state index in [0.717, 1.165) is 19.3 Å². The molecule has 1 amide bonds. The van der Waals surface area contributed by atoms with E-state index in [1.165, 1.54) is 5.56 Å². The summed E-state index contributed by atoms with van der Waals surface area (Å²) in [6, 6.07) is 7.73. The number of hydrogen-bond acceptors (Lipinski definition) is 2. The minimum Gasteiger partial charge on any atom is -0.396 e. The van der Waals surface area contributed by atoms with Crippen molar-refractivity contribution in [2.45, 2.75) is 40.0 Å². The number of amides is 1. The van der Waals surface area contributed by atoms with E-state index in [-0.39, 0.29) is 12.5 Å². The average Bonchev–Trinajstić information content (AvgIpc) is 2.44. The minimum absolute atomic E-state index is 0.0284. The van der Waals surface area contributed by atoms with Crippen LogP contribution in [-0.4, -0.2) is 24.2 Å². The zero-order valence-electron chi connectivity index (χ0n) is 12.9. The average molecular weight is 277 g/mol. The third kappa shape index (κ3) is 5.74. The lowest BCUT2D eigenvalue weighted by Gasteiger charge is -2.18. The predicted molar refractivity (Wildman–Crippen MR) is 82.8 cm³/mol. The molecule has 0 spiro atoms. The zero-order chi connectivity index (χ0) is 15.0. The summed E-state index contributed by atoms with van der Waals surface area (Å²) >= 11 is 0. The van der Waals surface area contributed by atoms with Gasteiger partial charge in [-0.05, 0) is 48.8 Å². The van der Waals surface area contributed by atoms with Crippen LogP contribution in [0.25, 0.3) is 0 Å². The molecule has 0 saturated heterocycles. The van der Waals surface area contributed by atoms with Gasteiger partial charge in [-0.1, -0.05) is 32.9 Å². The van der Waals surface area contributed by atoms with Crippen LogP contribution in [0.2, 0.25) is 0 Å². The standard InChI is InChI=1S/C17H27NO2/c1-4-14-5-7-16(8-6-14)17(20)18-12-15(9-10-19)11-13(2)3/h5-8,13,15,19H,4,9-12H2,1-3H3,(H,18,20). The first kappa shape index (κ1) is 16.7. The molecule has 2 N–H and O–H groups in total. The van der Waals surface area contributed by atoms with E-state index in [9.17, 15) is 4.79 Å². The lowest BCUT2D eigenvalue weighted by Crippen LogP contribution is -2.30. The van der Waals surface area contributed by atoms with Crippen molar-refractivity contribution in [1.29, 1.82) is 0 Å². The summed E-state index contributed by atoms with van der Waals surface area (Å²) < 4.78 is 0. The Morgan fingerprint density at radius 2 is 1.90 bits per heavy atom. The van der Waals surface area contributed by atoms with Gasteiger partial charge in [-0.2, -0.15) is 0 Å². The summed E-state index contributed by atoms with van der Waals surface area (Å²) in [6.07, 6.45) is 2.75. The number of aryl methyl sites for hydroxylation is 1. The summed E-state index contributed by atoms with van der Waals surface area (Å²) in [5, 5.41) is 12.1. The van der Waals surface area contributed by atoms with Gasteiger partial charge in [-0.15, -0.1) is 0 Å². The van der Waals surface area contributed by atoms with Crippen molar-refractivity contribution in [2.24, 2.45) is 11.8 Å². The second kappa shape index (κ2) is 8.75. The van der Waals surface area contributed by atoms with Crippen LogP contribution >= 0.6 is 0 Å². The van der Waals surface area contributed by atoms with Gasteiger partial charge in [0.1, 0.15) is 0 Å². The number of aliphatic hydroxyl groups excluding tert-OH is 1. The Balaban J connectivity index is 2.51. The van der Waals surface area contributed by atoms with Crippen LogP contribution in [0.3, 0.4) is 0 Å². The minimum atomic E-state index is -0.0284. The highest BCUT2D eigenvalue weighted by Crippen LogP contribution is 2.14. The van der Waals surface area contributed by atoms with Crippen molar-refractivity contribution < 1.29 is 9.90 Å². The van der Waals surface area contributed by atoms with Gasteiger partial charge >= 0.3 is 0 Å². The summed E-state index contributed by atoms with van der Waals surface area (Å²) in [4.78, 5) is 12.1. The highest BCUT2D eigenvalue weighted by molar-refractivity contribution is 5.94. The molecule has 0 radical (unpaired) electrons. The number of aliphatic hydroxyl groups is 1. The van der Waals surface area contributed by atoms with Crippen LogP contribution in [0, 0.1) is 11.8 Å². The predicted octanol–water partition coefficient (Wildman–Crippen LogP) is 3.02. The lowest BCUT2D eigenvalue weighted by atomic mass is 9.94. The number of carbonyl (C=O) groups is 1. The molecule has 1 rings (SSSR count). The topological polar surface area (TPSA) is 49.3 Å². The van der Waals surface area contributed by atoms with Crippen molar-refractivity contribution in [2.75, 3.05) is 13.2 Å². The quantitative estimate of drug-likeness (QED) is 0.767. The second-order valence-electron chi connectivity index (χ2n) is 5.77. The Morgan fingerprint density at radius 3 is 2.40 bits per heavy atom. The number of nitrogens with one attached hydrogen (secondary N) is 1. The first-order chi connectivity index (χ1) is 9.56. The molecular weight excluding hydrogens is 250 g/mol. The number of hydrogen-bond donors (Lipinski definition) is 2. The van der Waals surface area contributed by atoms with Crippen molar-refractivity contribution in [3.63, 3.8) is 0 Å². The number of rotatable bonds is 8. The molecule has 0 fully saturated rings. The molecular formula is C17H27NO2. The molecule has 1 aromatic rings. The maximum Gasteiger partial charge on any atom is 0.251 e. The van der Waals surface area contributed by atoms with Gasteiger partial charge in [0.15, 0.2) is 0 Å². The van der Waals surface area contributed by atoms with Crippen LogP contribution in [0.1, 0.15) is 49.5 Å². The molecule has 0 aliphatic carbocycles. The van der Waals surface area contributed by atoms with Crippen LogP contribution in [-0.2, 0) is 6.42 Å². The molecule has 0 bridgehead atoms. The van der Waals surface area contributed by atoms with Crippen molar-refractivity contribution in [1.82, 2.24) is 5.32 Å². The largest absolute Gasteiger partial charge is 0.396 e.